The summed E-state index contributed by atoms with van der Waals surface area (Å²) in [6.45, 7) is 0. The van der Waals surface area contributed by atoms with Gasteiger partial charge < -0.3 is 16.2 Å². The van der Waals surface area contributed by atoms with Crippen LogP contribution < -0.4 is 11.1 Å². The summed E-state index contributed by atoms with van der Waals surface area (Å²) < 4.78 is 0. The second kappa shape index (κ2) is 5.31. The van der Waals surface area contributed by atoms with Crippen molar-refractivity contribution in [3.8, 4) is 0 Å². The number of halogens is 1. The van der Waals surface area contributed by atoms with Gasteiger partial charge in [-0.05, 0) is 49.3 Å². The molecular weight excluding hydrogens is 292 g/mol. The SMILES string of the molecule is NC1C2CCC(C2)C1C(=O)Nc1ccc(C(=O)O)cc1Cl. The van der Waals surface area contributed by atoms with Crippen molar-refractivity contribution in [2.45, 2.75) is 25.3 Å². The van der Waals surface area contributed by atoms with Crippen molar-refractivity contribution in [3.63, 3.8) is 0 Å². The minimum atomic E-state index is -1.05. The number of carboxylic acid groups (broad SMARTS) is 1. The number of rotatable bonds is 3. The third-order valence-electron chi connectivity index (χ3n) is 4.76. The Morgan fingerprint density at radius 3 is 2.57 bits per heavy atom. The number of nitrogens with two attached hydrogens (primary N) is 1. The Hall–Kier alpha value is -1.59. The maximum Gasteiger partial charge on any atom is 0.335 e. The maximum atomic E-state index is 12.4. The minimum Gasteiger partial charge on any atom is -0.478 e. The van der Waals surface area contributed by atoms with Crippen LogP contribution >= 0.6 is 11.6 Å². The van der Waals surface area contributed by atoms with E-state index in [9.17, 15) is 9.59 Å². The van der Waals surface area contributed by atoms with E-state index in [4.69, 9.17) is 22.4 Å². The highest BCUT2D eigenvalue weighted by molar-refractivity contribution is 6.34. The van der Waals surface area contributed by atoms with Gasteiger partial charge in [0, 0.05) is 6.04 Å². The fourth-order valence-electron chi connectivity index (χ4n) is 3.69. The summed E-state index contributed by atoms with van der Waals surface area (Å²) in [5, 5.41) is 11.9. The number of fused-ring (bicyclic) bond motifs is 2. The first-order valence-corrected chi connectivity index (χ1v) is 7.44. The van der Waals surface area contributed by atoms with E-state index in [-0.39, 0.29) is 28.5 Å². The Bertz CT molecular complexity index is 603. The van der Waals surface area contributed by atoms with Gasteiger partial charge in [0.25, 0.3) is 0 Å². The van der Waals surface area contributed by atoms with Gasteiger partial charge in [0.15, 0.2) is 0 Å². The Morgan fingerprint density at radius 2 is 2.00 bits per heavy atom. The van der Waals surface area contributed by atoms with E-state index in [0.29, 0.717) is 17.5 Å². The van der Waals surface area contributed by atoms with Gasteiger partial charge >= 0.3 is 5.97 Å². The molecule has 6 heteroatoms. The van der Waals surface area contributed by atoms with Gasteiger partial charge in [-0.2, -0.15) is 0 Å². The van der Waals surface area contributed by atoms with Crippen LogP contribution in [0.5, 0.6) is 0 Å². The zero-order valence-electron chi connectivity index (χ0n) is 11.4. The quantitative estimate of drug-likeness (QED) is 0.799. The number of benzene rings is 1. The van der Waals surface area contributed by atoms with Gasteiger partial charge in [-0.25, -0.2) is 4.79 Å². The van der Waals surface area contributed by atoms with Crippen LogP contribution in [0.15, 0.2) is 18.2 Å². The van der Waals surface area contributed by atoms with Crippen molar-refractivity contribution in [1.82, 2.24) is 0 Å². The summed E-state index contributed by atoms with van der Waals surface area (Å²) >= 11 is 6.03. The van der Waals surface area contributed by atoms with E-state index in [2.05, 4.69) is 5.32 Å². The summed E-state index contributed by atoms with van der Waals surface area (Å²) in [5.74, 6) is -0.513. The lowest BCUT2D eigenvalue weighted by Crippen LogP contribution is -2.42. The number of carboxylic acids is 1. The van der Waals surface area contributed by atoms with Crippen molar-refractivity contribution >= 4 is 29.2 Å². The molecule has 2 aliphatic carbocycles. The largest absolute Gasteiger partial charge is 0.478 e. The normalized spacial score (nSPS) is 30.4. The summed E-state index contributed by atoms with van der Waals surface area (Å²) in [6.07, 6.45) is 3.21. The summed E-state index contributed by atoms with van der Waals surface area (Å²) in [5.41, 5.74) is 6.67. The van der Waals surface area contributed by atoms with Crippen molar-refractivity contribution in [2.24, 2.45) is 23.5 Å². The highest BCUT2D eigenvalue weighted by atomic mass is 35.5. The number of hydrogen-bond acceptors (Lipinski definition) is 3. The van der Waals surface area contributed by atoms with Crippen LogP contribution in [0, 0.1) is 17.8 Å². The van der Waals surface area contributed by atoms with Gasteiger partial charge in [-0.15, -0.1) is 0 Å². The monoisotopic (exact) mass is 308 g/mol. The second-order valence-electron chi connectivity index (χ2n) is 5.93. The van der Waals surface area contributed by atoms with Crippen molar-refractivity contribution in [3.05, 3.63) is 28.8 Å². The average Bonchev–Trinajstić information content (AvgIpc) is 3.01. The molecule has 3 rings (SSSR count). The molecule has 0 heterocycles. The Balaban J connectivity index is 1.75. The van der Waals surface area contributed by atoms with Crippen molar-refractivity contribution in [2.75, 3.05) is 5.32 Å². The molecule has 0 aliphatic heterocycles. The first-order valence-electron chi connectivity index (χ1n) is 7.06. The van der Waals surface area contributed by atoms with Crippen LogP contribution in [0.25, 0.3) is 0 Å². The maximum absolute atomic E-state index is 12.4. The lowest BCUT2D eigenvalue weighted by atomic mass is 9.84. The van der Waals surface area contributed by atoms with Crippen molar-refractivity contribution < 1.29 is 14.7 Å². The van der Waals surface area contributed by atoms with Crippen LogP contribution in [0.3, 0.4) is 0 Å². The molecule has 4 unspecified atom stereocenters. The highest BCUT2D eigenvalue weighted by Gasteiger charge is 2.49. The zero-order chi connectivity index (χ0) is 15.1. The molecule has 2 saturated carbocycles. The van der Waals surface area contributed by atoms with Crippen LogP contribution in [-0.2, 0) is 4.79 Å². The van der Waals surface area contributed by atoms with E-state index in [1.165, 1.54) is 18.2 Å². The number of carbonyl (C=O) groups excluding carboxylic acids is 1. The first kappa shape index (κ1) is 14.4. The van der Waals surface area contributed by atoms with Gasteiger partial charge in [0.2, 0.25) is 5.91 Å². The molecule has 112 valence electrons. The van der Waals surface area contributed by atoms with E-state index in [0.717, 1.165) is 19.3 Å². The number of nitrogens with one attached hydrogen (secondary N) is 1. The van der Waals surface area contributed by atoms with Gasteiger partial charge in [0.1, 0.15) is 0 Å². The molecule has 4 N–H and O–H groups in total. The Kier molecular flexibility index (Phi) is 3.63. The smallest absolute Gasteiger partial charge is 0.335 e. The molecule has 21 heavy (non-hydrogen) atoms. The van der Waals surface area contributed by atoms with E-state index < -0.39 is 5.97 Å². The second-order valence-corrected chi connectivity index (χ2v) is 6.33. The highest BCUT2D eigenvalue weighted by Crippen LogP contribution is 2.48. The molecule has 2 bridgehead atoms. The van der Waals surface area contributed by atoms with Crippen LogP contribution in [0.4, 0.5) is 5.69 Å². The average molecular weight is 309 g/mol. The molecule has 1 amide bonds. The third-order valence-corrected chi connectivity index (χ3v) is 5.07. The van der Waals surface area contributed by atoms with Crippen LogP contribution in [0.2, 0.25) is 5.02 Å². The van der Waals surface area contributed by atoms with Gasteiger partial charge in [-0.3, -0.25) is 4.79 Å². The summed E-state index contributed by atoms with van der Waals surface area (Å²) in [7, 11) is 0. The predicted octanol–water partition coefficient (Wildman–Crippen LogP) is 2.35. The van der Waals surface area contributed by atoms with E-state index >= 15 is 0 Å². The number of hydrogen-bond donors (Lipinski definition) is 3. The molecule has 4 atom stereocenters. The lowest BCUT2D eigenvalue weighted by molar-refractivity contribution is -0.121. The molecule has 0 saturated heterocycles. The first-order chi connectivity index (χ1) is 9.97. The minimum absolute atomic E-state index is 0.0826. The number of aromatic carboxylic acids is 1. The molecule has 0 aromatic heterocycles. The van der Waals surface area contributed by atoms with Crippen LogP contribution in [-0.4, -0.2) is 23.0 Å². The molecule has 2 fully saturated rings. The molecule has 1 aromatic carbocycles. The van der Waals surface area contributed by atoms with Gasteiger partial charge in [0.05, 0.1) is 22.2 Å². The lowest BCUT2D eigenvalue weighted by Gasteiger charge is -2.27. The Morgan fingerprint density at radius 1 is 1.29 bits per heavy atom. The molecular formula is C15H17ClN2O3. The fraction of sp³-hybridized carbons (Fsp3) is 0.467. The molecule has 2 aliphatic rings. The molecule has 1 aromatic rings. The summed E-state index contributed by atoms with van der Waals surface area (Å²) in [6, 6.07) is 4.19. The number of anilines is 1. The standard InChI is InChI=1S/C15H17ClN2O3/c16-10-6-9(15(20)21)3-4-11(10)18-14(19)12-7-1-2-8(5-7)13(12)17/h3-4,6-8,12-13H,1-2,5,17H2,(H,18,19)(H,20,21). The van der Waals surface area contributed by atoms with Crippen molar-refractivity contribution in [1.29, 1.82) is 0 Å². The van der Waals surface area contributed by atoms with E-state index in [1.807, 2.05) is 0 Å². The van der Waals surface area contributed by atoms with Gasteiger partial charge in [-0.1, -0.05) is 11.6 Å². The molecule has 0 spiro atoms. The topological polar surface area (TPSA) is 92.4 Å². The Labute approximate surface area is 127 Å². The number of amides is 1. The number of carbonyl (C=O) groups is 2. The van der Waals surface area contributed by atoms with E-state index in [1.54, 1.807) is 0 Å². The summed E-state index contributed by atoms with van der Waals surface area (Å²) in [4.78, 5) is 23.3. The zero-order valence-corrected chi connectivity index (χ0v) is 12.1. The molecule has 0 radical (unpaired) electrons. The molecule has 5 nitrogen and oxygen atoms in total. The fourth-order valence-corrected chi connectivity index (χ4v) is 3.92. The van der Waals surface area contributed by atoms with Crippen LogP contribution in [0.1, 0.15) is 29.6 Å². The predicted molar refractivity (Wildman–Crippen MR) is 79.3 cm³/mol. The third kappa shape index (κ3) is 2.51.